The van der Waals surface area contributed by atoms with Gasteiger partial charge in [-0.05, 0) is 31.2 Å². The van der Waals surface area contributed by atoms with Gasteiger partial charge < -0.3 is 24.7 Å². The van der Waals surface area contributed by atoms with Crippen LogP contribution in [0.15, 0.2) is 53.7 Å². The fraction of sp³-hybridized carbons (Fsp3) is 0.238. The minimum atomic E-state index is -0.345. The highest BCUT2D eigenvalue weighted by Crippen LogP contribution is 2.34. The zero-order chi connectivity index (χ0) is 21.8. The van der Waals surface area contributed by atoms with Gasteiger partial charge in [0.15, 0.2) is 22.5 Å². The van der Waals surface area contributed by atoms with E-state index in [0.717, 1.165) is 0 Å². The molecule has 4 rings (SSSR count). The van der Waals surface area contributed by atoms with Crippen LogP contribution in [0.4, 0.5) is 5.69 Å². The Morgan fingerprint density at radius 1 is 1.13 bits per heavy atom. The molecule has 1 unspecified atom stereocenters. The van der Waals surface area contributed by atoms with E-state index < -0.39 is 0 Å². The molecule has 31 heavy (non-hydrogen) atoms. The maximum absolute atomic E-state index is 12.4. The molecule has 0 bridgehead atoms. The molecule has 0 radical (unpaired) electrons. The molecule has 2 N–H and O–H groups in total. The maximum atomic E-state index is 12.4. The van der Waals surface area contributed by atoms with E-state index in [0.29, 0.717) is 33.7 Å². The summed E-state index contributed by atoms with van der Waals surface area (Å²) in [5.41, 5.74) is 1.21. The number of benzene rings is 2. The first-order valence-corrected chi connectivity index (χ1v) is 10.6. The summed E-state index contributed by atoms with van der Waals surface area (Å²) in [5.74, 6) is 1.66. The zero-order valence-corrected chi connectivity index (χ0v) is 17.8. The number of aromatic nitrogens is 3. The van der Waals surface area contributed by atoms with Gasteiger partial charge in [0.2, 0.25) is 12.7 Å². The van der Waals surface area contributed by atoms with E-state index in [1.807, 2.05) is 25.1 Å². The molecule has 1 aromatic heterocycles. The Labute approximate surface area is 183 Å². The van der Waals surface area contributed by atoms with E-state index in [2.05, 4.69) is 20.8 Å². The number of thioether (sulfide) groups is 1. The zero-order valence-electron chi connectivity index (χ0n) is 17.0. The molecule has 160 valence electrons. The number of carbonyl (C=O) groups excluding carboxylic acids is 2. The topological polar surface area (TPSA) is 107 Å². The summed E-state index contributed by atoms with van der Waals surface area (Å²) in [5, 5.41) is 14.6. The van der Waals surface area contributed by atoms with Gasteiger partial charge in [-0.2, -0.15) is 0 Å². The normalized spacial score (nSPS) is 13.0. The standard InChI is InChI=1S/C21H21N5O4S/c1-13(22-20(28)14-6-4-3-5-7-14)19-24-25-21(26(19)2)31-11-18(27)23-15-8-9-16-17(10-15)30-12-29-16/h3-10,13H,11-12H2,1-2H3,(H,22,28)(H,23,27). The van der Waals surface area contributed by atoms with Gasteiger partial charge in [0.1, 0.15) is 0 Å². The number of nitrogens with zero attached hydrogens (tertiary/aromatic N) is 3. The molecule has 0 spiro atoms. The molecule has 9 nitrogen and oxygen atoms in total. The summed E-state index contributed by atoms with van der Waals surface area (Å²) >= 11 is 1.26. The second-order valence-corrected chi connectivity index (χ2v) is 7.81. The van der Waals surface area contributed by atoms with Crippen LogP contribution < -0.4 is 20.1 Å². The number of hydrogen-bond acceptors (Lipinski definition) is 7. The van der Waals surface area contributed by atoms with E-state index >= 15 is 0 Å². The Morgan fingerprint density at radius 3 is 2.71 bits per heavy atom. The monoisotopic (exact) mass is 439 g/mol. The lowest BCUT2D eigenvalue weighted by Gasteiger charge is -2.13. The van der Waals surface area contributed by atoms with Crippen molar-refractivity contribution in [2.75, 3.05) is 17.9 Å². The van der Waals surface area contributed by atoms with Crippen LogP contribution in [0.5, 0.6) is 11.5 Å². The highest BCUT2D eigenvalue weighted by molar-refractivity contribution is 7.99. The lowest BCUT2D eigenvalue weighted by molar-refractivity contribution is -0.113. The molecule has 2 amide bonds. The number of hydrogen-bond donors (Lipinski definition) is 2. The summed E-state index contributed by atoms with van der Waals surface area (Å²) in [7, 11) is 1.80. The third-order valence-corrected chi connectivity index (χ3v) is 5.65. The van der Waals surface area contributed by atoms with Crippen molar-refractivity contribution in [3.8, 4) is 11.5 Å². The van der Waals surface area contributed by atoms with Gasteiger partial charge >= 0.3 is 0 Å². The van der Waals surface area contributed by atoms with Crippen LogP contribution in [0.1, 0.15) is 29.1 Å². The number of anilines is 1. The van der Waals surface area contributed by atoms with Crippen molar-refractivity contribution in [3.63, 3.8) is 0 Å². The van der Waals surface area contributed by atoms with Crippen LogP contribution in [0, 0.1) is 0 Å². The van der Waals surface area contributed by atoms with Crippen LogP contribution in [0.3, 0.4) is 0 Å². The van der Waals surface area contributed by atoms with Gasteiger partial charge in [0.25, 0.3) is 5.91 Å². The van der Waals surface area contributed by atoms with E-state index in [1.165, 1.54) is 11.8 Å². The van der Waals surface area contributed by atoms with E-state index in [1.54, 1.807) is 41.9 Å². The van der Waals surface area contributed by atoms with Gasteiger partial charge in [-0.25, -0.2) is 0 Å². The molecule has 1 atom stereocenters. The van der Waals surface area contributed by atoms with Crippen molar-refractivity contribution < 1.29 is 19.1 Å². The first-order chi connectivity index (χ1) is 15.0. The van der Waals surface area contributed by atoms with E-state index in [9.17, 15) is 9.59 Å². The summed E-state index contributed by atoms with van der Waals surface area (Å²) in [6.45, 7) is 2.02. The Morgan fingerprint density at radius 2 is 1.90 bits per heavy atom. The third kappa shape index (κ3) is 4.80. The van der Waals surface area contributed by atoms with Crippen molar-refractivity contribution in [2.45, 2.75) is 18.1 Å². The molecule has 0 fully saturated rings. The summed E-state index contributed by atoms with van der Waals surface area (Å²) in [6.07, 6.45) is 0. The SMILES string of the molecule is CC(NC(=O)c1ccccc1)c1nnc(SCC(=O)Nc2ccc3c(c2)OCO3)n1C. The van der Waals surface area contributed by atoms with E-state index in [4.69, 9.17) is 9.47 Å². The quantitative estimate of drug-likeness (QED) is 0.545. The molecule has 1 aliphatic heterocycles. The number of fused-ring (bicyclic) bond motifs is 1. The number of nitrogens with one attached hydrogen (secondary N) is 2. The molecule has 1 aliphatic rings. The van der Waals surface area contributed by atoms with Crippen LogP contribution in [-0.2, 0) is 11.8 Å². The summed E-state index contributed by atoms with van der Waals surface area (Å²) in [4.78, 5) is 24.7. The molecule has 2 heterocycles. The summed E-state index contributed by atoms with van der Waals surface area (Å²) in [6, 6.07) is 13.9. The number of carbonyl (C=O) groups is 2. The van der Waals surface area contributed by atoms with Crippen molar-refractivity contribution in [3.05, 3.63) is 59.9 Å². The largest absolute Gasteiger partial charge is 0.454 e. The van der Waals surface area contributed by atoms with Crippen LogP contribution in [0.25, 0.3) is 0 Å². The number of ether oxygens (including phenoxy) is 2. The fourth-order valence-corrected chi connectivity index (χ4v) is 3.78. The van der Waals surface area contributed by atoms with Crippen LogP contribution in [-0.4, -0.2) is 39.1 Å². The Balaban J connectivity index is 1.32. The third-order valence-electron chi connectivity index (χ3n) is 4.63. The van der Waals surface area contributed by atoms with E-state index in [-0.39, 0.29) is 30.4 Å². The maximum Gasteiger partial charge on any atom is 0.251 e. The molecular formula is C21H21N5O4S. The Kier molecular flexibility index (Phi) is 6.08. The van der Waals surface area contributed by atoms with Crippen molar-refractivity contribution in [1.29, 1.82) is 0 Å². The molecule has 3 aromatic rings. The lowest BCUT2D eigenvalue weighted by Crippen LogP contribution is -2.28. The first kappa shape index (κ1) is 20.7. The van der Waals surface area contributed by atoms with Crippen molar-refractivity contribution in [2.24, 2.45) is 7.05 Å². The second-order valence-electron chi connectivity index (χ2n) is 6.87. The first-order valence-electron chi connectivity index (χ1n) is 9.59. The highest BCUT2D eigenvalue weighted by atomic mass is 32.2. The summed E-state index contributed by atoms with van der Waals surface area (Å²) < 4.78 is 12.4. The molecule has 10 heteroatoms. The predicted molar refractivity (Wildman–Crippen MR) is 115 cm³/mol. The number of amides is 2. The molecule has 0 saturated heterocycles. The predicted octanol–water partition coefficient (Wildman–Crippen LogP) is 2.77. The second kappa shape index (κ2) is 9.09. The molecule has 2 aromatic carbocycles. The molecule has 0 saturated carbocycles. The van der Waals surface area contributed by atoms with Gasteiger partial charge in [-0.15, -0.1) is 10.2 Å². The Hall–Kier alpha value is -3.53. The fourth-order valence-electron chi connectivity index (χ4n) is 3.06. The molecule has 0 aliphatic carbocycles. The van der Waals surface area contributed by atoms with Gasteiger partial charge in [0.05, 0.1) is 11.8 Å². The van der Waals surface area contributed by atoms with Crippen molar-refractivity contribution >= 4 is 29.3 Å². The van der Waals surface area contributed by atoms with Crippen LogP contribution >= 0.6 is 11.8 Å². The smallest absolute Gasteiger partial charge is 0.251 e. The van der Waals surface area contributed by atoms with Crippen LogP contribution in [0.2, 0.25) is 0 Å². The highest BCUT2D eigenvalue weighted by Gasteiger charge is 2.19. The van der Waals surface area contributed by atoms with Crippen molar-refractivity contribution in [1.82, 2.24) is 20.1 Å². The lowest BCUT2D eigenvalue weighted by atomic mass is 10.2. The minimum absolute atomic E-state index is 0.158. The molecular weight excluding hydrogens is 418 g/mol. The van der Waals surface area contributed by atoms with Gasteiger partial charge in [-0.1, -0.05) is 30.0 Å². The number of rotatable bonds is 7. The van der Waals surface area contributed by atoms with Gasteiger partial charge in [-0.3, -0.25) is 9.59 Å². The average Bonchev–Trinajstić information content (AvgIpc) is 3.38. The average molecular weight is 439 g/mol. The minimum Gasteiger partial charge on any atom is -0.454 e. The van der Waals surface area contributed by atoms with Gasteiger partial charge in [0, 0.05) is 24.4 Å². The Bertz CT molecular complexity index is 1100.